The molecule has 0 atom stereocenters. The van der Waals surface area contributed by atoms with E-state index >= 15 is 0 Å². The van der Waals surface area contributed by atoms with Crippen LogP contribution in [-0.2, 0) is 4.79 Å². The lowest BCUT2D eigenvalue weighted by Gasteiger charge is -2.12. The SMILES string of the molecule is Cc1ccc(/C=C(\NC(=O)c2ccc(OC(C)C)cc2)C(=O)NCCO)cc1. The number of hydrogen-bond acceptors (Lipinski definition) is 4. The van der Waals surface area contributed by atoms with Gasteiger partial charge >= 0.3 is 0 Å². The number of aryl methyl sites for hydroxylation is 1. The highest BCUT2D eigenvalue weighted by atomic mass is 16.5. The smallest absolute Gasteiger partial charge is 0.267 e. The van der Waals surface area contributed by atoms with E-state index in [9.17, 15) is 9.59 Å². The van der Waals surface area contributed by atoms with Crippen molar-refractivity contribution in [1.29, 1.82) is 0 Å². The third-order valence-electron chi connectivity index (χ3n) is 3.77. The van der Waals surface area contributed by atoms with Crippen molar-refractivity contribution in [2.24, 2.45) is 0 Å². The number of hydrogen-bond donors (Lipinski definition) is 3. The van der Waals surface area contributed by atoms with E-state index in [1.165, 1.54) is 0 Å². The van der Waals surface area contributed by atoms with Crippen LogP contribution in [0.2, 0.25) is 0 Å². The summed E-state index contributed by atoms with van der Waals surface area (Å²) >= 11 is 0. The molecule has 0 bridgehead atoms. The average Bonchev–Trinajstić information content (AvgIpc) is 2.67. The van der Waals surface area contributed by atoms with Crippen LogP contribution in [0.25, 0.3) is 6.08 Å². The van der Waals surface area contributed by atoms with Gasteiger partial charge in [0.25, 0.3) is 11.8 Å². The minimum Gasteiger partial charge on any atom is -0.491 e. The lowest BCUT2D eigenvalue weighted by Crippen LogP contribution is -2.36. The van der Waals surface area contributed by atoms with Gasteiger partial charge in [-0.05, 0) is 56.7 Å². The Labute approximate surface area is 165 Å². The monoisotopic (exact) mass is 382 g/mol. The van der Waals surface area contributed by atoms with Gasteiger partial charge in [-0.3, -0.25) is 9.59 Å². The second kappa shape index (κ2) is 10.3. The highest BCUT2D eigenvalue weighted by Crippen LogP contribution is 2.14. The number of amides is 2. The van der Waals surface area contributed by atoms with Crippen LogP contribution in [0.5, 0.6) is 5.75 Å². The van der Waals surface area contributed by atoms with Crippen LogP contribution in [0.3, 0.4) is 0 Å². The van der Waals surface area contributed by atoms with E-state index in [1.54, 1.807) is 30.3 Å². The fraction of sp³-hybridized carbons (Fsp3) is 0.273. The molecule has 2 aromatic carbocycles. The van der Waals surface area contributed by atoms with Crippen molar-refractivity contribution in [2.45, 2.75) is 26.9 Å². The van der Waals surface area contributed by atoms with Crippen molar-refractivity contribution < 1.29 is 19.4 Å². The van der Waals surface area contributed by atoms with E-state index in [4.69, 9.17) is 9.84 Å². The van der Waals surface area contributed by atoms with Crippen LogP contribution in [0, 0.1) is 6.92 Å². The van der Waals surface area contributed by atoms with Crippen LogP contribution >= 0.6 is 0 Å². The van der Waals surface area contributed by atoms with Gasteiger partial charge in [0.05, 0.1) is 12.7 Å². The second-order valence-corrected chi connectivity index (χ2v) is 6.59. The molecule has 0 aliphatic carbocycles. The summed E-state index contributed by atoms with van der Waals surface area (Å²) in [7, 11) is 0. The molecule has 6 heteroatoms. The van der Waals surface area contributed by atoms with Gasteiger partial charge in [-0.25, -0.2) is 0 Å². The molecular formula is C22H26N2O4. The van der Waals surface area contributed by atoms with E-state index in [0.29, 0.717) is 11.3 Å². The fourth-order valence-electron chi connectivity index (χ4n) is 2.40. The molecule has 3 N–H and O–H groups in total. The first kappa shape index (κ1) is 21.2. The normalized spacial score (nSPS) is 11.2. The number of benzene rings is 2. The number of ether oxygens (including phenoxy) is 1. The van der Waals surface area contributed by atoms with Crippen LogP contribution in [-0.4, -0.2) is 36.2 Å². The van der Waals surface area contributed by atoms with Gasteiger partial charge in [0, 0.05) is 12.1 Å². The predicted octanol–water partition coefficient (Wildman–Crippen LogP) is 2.66. The zero-order chi connectivity index (χ0) is 20.5. The highest BCUT2D eigenvalue weighted by molar-refractivity contribution is 6.05. The fourth-order valence-corrected chi connectivity index (χ4v) is 2.40. The van der Waals surface area contributed by atoms with Gasteiger partial charge in [0.15, 0.2) is 0 Å². The Morgan fingerprint density at radius 1 is 1.07 bits per heavy atom. The molecule has 0 spiro atoms. The minimum atomic E-state index is -0.470. The summed E-state index contributed by atoms with van der Waals surface area (Å²) in [5.41, 5.74) is 2.38. The summed E-state index contributed by atoms with van der Waals surface area (Å²) in [6, 6.07) is 14.3. The maximum Gasteiger partial charge on any atom is 0.267 e. The molecule has 28 heavy (non-hydrogen) atoms. The molecule has 0 aromatic heterocycles. The Bertz CT molecular complexity index is 825. The standard InChI is InChI=1S/C22H26N2O4/c1-15(2)28-19-10-8-18(9-11-19)21(26)24-20(22(27)23-12-13-25)14-17-6-4-16(3)5-7-17/h4-11,14-15,25H,12-13H2,1-3H3,(H,23,27)(H,24,26)/b20-14-. The largest absolute Gasteiger partial charge is 0.491 e. The Kier molecular flexibility index (Phi) is 7.77. The topological polar surface area (TPSA) is 87.7 Å². The summed E-state index contributed by atoms with van der Waals surface area (Å²) in [6.07, 6.45) is 1.64. The average molecular weight is 382 g/mol. The van der Waals surface area contributed by atoms with E-state index in [0.717, 1.165) is 11.1 Å². The molecule has 2 amide bonds. The maximum absolute atomic E-state index is 12.6. The Morgan fingerprint density at radius 3 is 2.29 bits per heavy atom. The molecule has 0 heterocycles. The van der Waals surface area contributed by atoms with Gasteiger partial charge in [-0.15, -0.1) is 0 Å². The summed E-state index contributed by atoms with van der Waals surface area (Å²) in [4.78, 5) is 25.0. The molecule has 6 nitrogen and oxygen atoms in total. The molecule has 2 rings (SSSR count). The van der Waals surface area contributed by atoms with Crippen molar-refractivity contribution in [2.75, 3.05) is 13.2 Å². The van der Waals surface area contributed by atoms with Gasteiger partial charge < -0.3 is 20.5 Å². The van der Waals surface area contributed by atoms with Crippen molar-refractivity contribution in [1.82, 2.24) is 10.6 Å². The molecule has 0 aliphatic heterocycles. The summed E-state index contributed by atoms with van der Waals surface area (Å²) < 4.78 is 5.57. The van der Waals surface area contributed by atoms with E-state index in [-0.39, 0.29) is 25.0 Å². The van der Waals surface area contributed by atoms with Crippen molar-refractivity contribution in [3.63, 3.8) is 0 Å². The van der Waals surface area contributed by atoms with Gasteiger partial charge in [-0.2, -0.15) is 0 Å². The first-order chi connectivity index (χ1) is 13.4. The maximum atomic E-state index is 12.6. The molecule has 0 saturated carbocycles. The lowest BCUT2D eigenvalue weighted by atomic mass is 10.1. The predicted molar refractivity (Wildman–Crippen MR) is 109 cm³/mol. The molecule has 0 saturated heterocycles. The second-order valence-electron chi connectivity index (χ2n) is 6.59. The molecule has 2 aromatic rings. The molecular weight excluding hydrogens is 356 g/mol. The van der Waals surface area contributed by atoms with E-state index in [2.05, 4.69) is 10.6 Å². The Morgan fingerprint density at radius 2 is 1.71 bits per heavy atom. The van der Waals surface area contributed by atoms with Crippen molar-refractivity contribution in [3.8, 4) is 5.75 Å². The highest BCUT2D eigenvalue weighted by Gasteiger charge is 2.14. The number of aliphatic hydroxyl groups excluding tert-OH is 1. The third-order valence-corrected chi connectivity index (χ3v) is 3.77. The zero-order valence-corrected chi connectivity index (χ0v) is 16.4. The van der Waals surface area contributed by atoms with Crippen LogP contribution in [0.1, 0.15) is 35.3 Å². The van der Waals surface area contributed by atoms with Crippen molar-refractivity contribution in [3.05, 3.63) is 70.9 Å². The summed E-state index contributed by atoms with van der Waals surface area (Å²) in [6.45, 7) is 5.73. The van der Waals surface area contributed by atoms with Crippen LogP contribution in [0.4, 0.5) is 0 Å². The van der Waals surface area contributed by atoms with E-state index in [1.807, 2.05) is 45.0 Å². The van der Waals surface area contributed by atoms with Crippen molar-refractivity contribution >= 4 is 17.9 Å². The molecule has 0 unspecified atom stereocenters. The van der Waals surface area contributed by atoms with Gasteiger partial charge in [-0.1, -0.05) is 29.8 Å². The first-order valence-electron chi connectivity index (χ1n) is 9.14. The van der Waals surface area contributed by atoms with Crippen LogP contribution in [0.15, 0.2) is 54.2 Å². The Hall–Kier alpha value is -3.12. The molecule has 0 fully saturated rings. The number of nitrogens with one attached hydrogen (secondary N) is 2. The third kappa shape index (κ3) is 6.55. The lowest BCUT2D eigenvalue weighted by molar-refractivity contribution is -0.117. The van der Waals surface area contributed by atoms with Gasteiger partial charge in [0.1, 0.15) is 11.4 Å². The quantitative estimate of drug-likeness (QED) is 0.613. The minimum absolute atomic E-state index is 0.0407. The Balaban J connectivity index is 2.19. The van der Waals surface area contributed by atoms with E-state index < -0.39 is 11.8 Å². The zero-order valence-electron chi connectivity index (χ0n) is 16.4. The number of rotatable bonds is 8. The number of carbonyl (C=O) groups excluding carboxylic acids is 2. The van der Waals surface area contributed by atoms with Gasteiger partial charge in [0.2, 0.25) is 0 Å². The first-order valence-corrected chi connectivity index (χ1v) is 9.14. The molecule has 148 valence electrons. The molecule has 0 aliphatic rings. The summed E-state index contributed by atoms with van der Waals surface area (Å²) in [5.74, 6) is -0.209. The van der Waals surface area contributed by atoms with Crippen LogP contribution < -0.4 is 15.4 Å². The number of carbonyl (C=O) groups is 2. The number of aliphatic hydroxyl groups is 1. The molecule has 0 radical (unpaired) electrons. The summed E-state index contributed by atoms with van der Waals surface area (Å²) in [5, 5.41) is 14.1.